The molecule has 1 heterocycles. The van der Waals surface area contributed by atoms with Gasteiger partial charge in [0.15, 0.2) is 0 Å². The minimum absolute atomic E-state index is 0.633. The molecular formula is C8H13N5. The van der Waals surface area contributed by atoms with Crippen molar-refractivity contribution in [1.82, 2.24) is 9.97 Å². The molecular weight excluding hydrogens is 166 g/mol. The maximum Gasteiger partial charge on any atom is 0.145 e. The molecule has 0 spiro atoms. The Hall–Kier alpha value is -1.36. The molecule has 0 atom stereocenters. The molecule has 0 unspecified atom stereocenters. The Kier molecular flexibility index (Phi) is 2.27. The van der Waals surface area contributed by atoms with Crippen molar-refractivity contribution in [2.45, 2.75) is 12.8 Å². The standard InChI is InChI=1S/C8H13N5/c9-13-8-3-7(11-5-12-8)10-4-6-1-2-6/h3,5-6H,1-2,4,9H2,(H2,10,11,12,13). The van der Waals surface area contributed by atoms with Crippen LogP contribution in [-0.4, -0.2) is 16.5 Å². The summed E-state index contributed by atoms with van der Waals surface area (Å²) >= 11 is 0. The zero-order valence-electron chi connectivity index (χ0n) is 7.33. The van der Waals surface area contributed by atoms with Gasteiger partial charge in [0.1, 0.15) is 18.0 Å². The largest absolute Gasteiger partial charge is 0.370 e. The molecule has 0 saturated heterocycles. The highest BCUT2D eigenvalue weighted by Crippen LogP contribution is 2.28. The van der Waals surface area contributed by atoms with Crippen molar-refractivity contribution in [2.75, 3.05) is 17.3 Å². The van der Waals surface area contributed by atoms with Crippen LogP contribution in [-0.2, 0) is 0 Å². The number of nitrogen functional groups attached to an aromatic ring is 1. The molecule has 5 heteroatoms. The molecule has 1 fully saturated rings. The zero-order valence-corrected chi connectivity index (χ0v) is 7.33. The van der Waals surface area contributed by atoms with E-state index in [4.69, 9.17) is 5.84 Å². The molecule has 1 aromatic heterocycles. The number of rotatable bonds is 4. The number of nitrogens with two attached hydrogens (primary N) is 1. The zero-order chi connectivity index (χ0) is 9.10. The molecule has 0 radical (unpaired) electrons. The van der Waals surface area contributed by atoms with Crippen LogP contribution in [0.1, 0.15) is 12.8 Å². The maximum absolute atomic E-state index is 5.22. The monoisotopic (exact) mass is 179 g/mol. The number of hydrogen-bond donors (Lipinski definition) is 3. The van der Waals surface area contributed by atoms with Crippen molar-refractivity contribution in [3.63, 3.8) is 0 Å². The van der Waals surface area contributed by atoms with Crippen LogP contribution in [0.4, 0.5) is 11.6 Å². The molecule has 0 aromatic carbocycles. The van der Waals surface area contributed by atoms with Crippen molar-refractivity contribution in [3.05, 3.63) is 12.4 Å². The minimum atomic E-state index is 0.633. The van der Waals surface area contributed by atoms with Crippen LogP contribution < -0.4 is 16.6 Å². The van der Waals surface area contributed by atoms with Gasteiger partial charge in [0.25, 0.3) is 0 Å². The number of anilines is 2. The van der Waals surface area contributed by atoms with Crippen LogP contribution in [0.15, 0.2) is 12.4 Å². The van der Waals surface area contributed by atoms with E-state index in [1.165, 1.54) is 19.2 Å². The van der Waals surface area contributed by atoms with Crippen molar-refractivity contribution >= 4 is 11.6 Å². The molecule has 1 aromatic rings. The van der Waals surface area contributed by atoms with Gasteiger partial charge >= 0.3 is 0 Å². The summed E-state index contributed by atoms with van der Waals surface area (Å²) in [4.78, 5) is 7.98. The fraction of sp³-hybridized carbons (Fsp3) is 0.500. The lowest BCUT2D eigenvalue weighted by molar-refractivity contribution is 0.881. The highest BCUT2D eigenvalue weighted by molar-refractivity contribution is 5.45. The lowest BCUT2D eigenvalue weighted by Crippen LogP contribution is -2.10. The van der Waals surface area contributed by atoms with E-state index >= 15 is 0 Å². The topological polar surface area (TPSA) is 75.9 Å². The van der Waals surface area contributed by atoms with E-state index in [1.807, 2.05) is 0 Å². The lowest BCUT2D eigenvalue weighted by Gasteiger charge is -2.04. The molecule has 1 aliphatic rings. The van der Waals surface area contributed by atoms with Gasteiger partial charge in [0, 0.05) is 12.6 Å². The number of aromatic nitrogens is 2. The van der Waals surface area contributed by atoms with Gasteiger partial charge < -0.3 is 10.7 Å². The third kappa shape index (κ3) is 2.29. The average molecular weight is 179 g/mol. The Bertz CT molecular complexity index is 284. The van der Waals surface area contributed by atoms with Gasteiger partial charge in [0.2, 0.25) is 0 Å². The predicted octanol–water partition coefficient (Wildman–Crippen LogP) is 0.584. The summed E-state index contributed by atoms with van der Waals surface area (Å²) in [5.41, 5.74) is 2.48. The number of nitrogens with zero attached hydrogens (tertiary/aromatic N) is 2. The van der Waals surface area contributed by atoms with Crippen molar-refractivity contribution in [1.29, 1.82) is 0 Å². The third-order valence-corrected chi connectivity index (χ3v) is 2.08. The van der Waals surface area contributed by atoms with Gasteiger partial charge in [-0.1, -0.05) is 0 Å². The number of hydrazine groups is 1. The smallest absolute Gasteiger partial charge is 0.145 e. The van der Waals surface area contributed by atoms with Crippen LogP contribution in [0, 0.1) is 5.92 Å². The summed E-state index contributed by atoms with van der Waals surface area (Å²) < 4.78 is 0. The first-order valence-electron chi connectivity index (χ1n) is 4.41. The van der Waals surface area contributed by atoms with E-state index in [0.717, 1.165) is 18.3 Å². The van der Waals surface area contributed by atoms with Crippen LogP contribution in [0.3, 0.4) is 0 Å². The Morgan fingerprint density at radius 1 is 1.38 bits per heavy atom. The maximum atomic E-state index is 5.22. The summed E-state index contributed by atoms with van der Waals surface area (Å²) in [6.07, 6.45) is 4.16. The summed E-state index contributed by atoms with van der Waals surface area (Å²) in [7, 11) is 0. The van der Waals surface area contributed by atoms with Gasteiger partial charge in [-0.25, -0.2) is 15.8 Å². The summed E-state index contributed by atoms with van der Waals surface area (Å²) in [6, 6.07) is 1.79. The van der Waals surface area contributed by atoms with E-state index in [-0.39, 0.29) is 0 Å². The van der Waals surface area contributed by atoms with Gasteiger partial charge in [-0.2, -0.15) is 0 Å². The van der Waals surface area contributed by atoms with Crippen molar-refractivity contribution < 1.29 is 0 Å². The fourth-order valence-corrected chi connectivity index (χ4v) is 1.10. The molecule has 4 N–H and O–H groups in total. The molecule has 2 rings (SSSR count). The van der Waals surface area contributed by atoms with E-state index in [9.17, 15) is 0 Å². The lowest BCUT2D eigenvalue weighted by atomic mass is 10.4. The van der Waals surface area contributed by atoms with E-state index in [2.05, 4.69) is 20.7 Å². The van der Waals surface area contributed by atoms with Crippen LogP contribution in [0.2, 0.25) is 0 Å². The van der Waals surface area contributed by atoms with Crippen LogP contribution in [0.5, 0.6) is 0 Å². The first-order valence-corrected chi connectivity index (χ1v) is 4.41. The Balaban J connectivity index is 1.93. The molecule has 5 nitrogen and oxygen atoms in total. The highest BCUT2D eigenvalue weighted by atomic mass is 15.3. The molecule has 0 amide bonds. The summed E-state index contributed by atoms with van der Waals surface area (Å²) in [5, 5.41) is 3.23. The summed E-state index contributed by atoms with van der Waals surface area (Å²) in [6.45, 7) is 1.00. The van der Waals surface area contributed by atoms with Crippen LogP contribution >= 0.6 is 0 Å². The van der Waals surface area contributed by atoms with E-state index in [1.54, 1.807) is 6.07 Å². The molecule has 1 aliphatic carbocycles. The second-order valence-electron chi connectivity index (χ2n) is 3.26. The Morgan fingerprint density at radius 3 is 2.85 bits per heavy atom. The van der Waals surface area contributed by atoms with Crippen LogP contribution in [0.25, 0.3) is 0 Å². The normalized spacial score (nSPS) is 15.5. The Labute approximate surface area is 76.7 Å². The predicted molar refractivity (Wildman–Crippen MR) is 51.1 cm³/mol. The van der Waals surface area contributed by atoms with E-state index in [0.29, 0.717) is 5.82 Å². The quantitative estimate of drug-likeness (QED) is 0.465. The molecule has 13 heavy (non-hydrogen) atoms. The van der Waals surface area contributed by atoms with Gasteiger partial charge in [0.05, 0.1) is 0 Å². The first-order chi connectivity index (χ1) is 6.38. The average Bonchev–Trinajstić information content (AvgIpc) is 2.99. The minimum Gasteiger partial charge on any atom is -0.370 e. The third-order valence-electron chi connectivity index (χ3n) is 2.08. The molecule has 70 valence electrons. The van der Waals surface area contributed by atoms with E-state index < -0.39 is 0 Å². The fourth-order valence-electron chi connectivity index (χ4n) is 1.10. The number of nitrogens with one attached hydrogen (secondary N) is 2. The van der Waals surface area contributed by atoms with Gasteiger partial charge in [-0.3, -0.25) is 0 Å². The number of hydrogen-bond acceptors (Lipinski definition) is 5. The van der Waals surface area contributed by atoms with Gasteiger partial charge in [-0.05, 0) is 18.8 Å². The molecule has 0 aliphatic heterocycles. The second-order valence-corrected chi connectivity index (χ2v) is 3.26. The first kappa shape index (κ1) is 8.25. The SMILES string of the molecule is NNc1cc(NCC2CC2)ncn1. The van der Waals surface area contributed by atoms with Crippen molar-refractivity contribution in [3.8, 4) is 0 Å². The molecule has 0 bridgehead atoms. The highest BCUT2D eigenvalue weighted by Gasteiger charge is 2.20. The second kappa shape index (κ2) is 3.57. The Morgan fingerprint density at radius 2 is 2.15 bits per heavy atom. The van der Waals surface area contributed by atoms with Crippen molar-refractivity contribution in [2.24, 2.45) is 11.8 Å². The summed E-state index contributed by atoms with van der Waals surface area (Å²) in [5.74, 6) is 7.52. The molecule has 1 saturated carbocycles. The van der Waals surface area contributed by atoms with Gasteiger partial charge in [-0.15, -0.1) is 0 Å².